The van der Waals surface area contributed by atoms with Crippen LogP contribution in [0.5, 0.6) is 11.5 Å². The second-order valence-electron chi connectivity index (χ2n) is 4.12. The number of aromatic nitrogens is 2. The normalized spacial score (nSPS) is 10.5. The summed E-state index contributed by atoms with van der Waals surface area (Å²) < 4.78 is 12.7. The Balaban J connectivity index is 2.33. The first-order chi connectivity index (χ1) is 9.30. The number of hydrogen-bond acceptors (Lipinski definition) is 4. The van der Waals surface area contributed by atoms with E-state index in [4.69, 9.17) is 9.47 Å². The molecule has 0 bridgehead atoms. The first kappa shape index (κ1) is 13.4. The fraction of sp³-hybridized carbons (Fsp3) is 0.357. The largest absolute Gasteiger partial charge is 0.493 e. The van der Waals surface area contributed by atoms with Crippen LogP contribution in [0.1, 0.15) is 0 Å². The van der Waals surface area contributed by atoms with Crippen LogP contribution in [0.25, 0.3) is 11.4 Å². The van der Waals surface area contributed by atoms with Crippen LogP contribution in [-0.4, -0.2) is 37.4 Å². The van der Waals surface area contributed by atoms with Crippen LogP contribution in [0.15, 0.2) is 30.6 Å². The summed E-state index contributed by atoms with van der Waals surface area (Å²) in [5.74, 6) is 2.36. The third-order valence-electron chi connectivity index (χ3n) is 2.96. The van der Waals surface area contributed by atoms with Gasteiger partial charge in [-0.1, -0.05) is 0 Å². The highest BCUT2D eigenvalue weighted by molar-refractivity contribution is 5.61. The average molecular weight is 261 g/mol. The van der Waals surface area contributed by atoms with Gasteiger partial charge in [0.15, 0.2) is 11.5 Å². The quantitative estimate of drug-likeness (QED) is 0.861. The summed E-state index contributed by atoms with van der Waals surface area (Å²) in [5, 5.41) is 3.13. The standard InChI is InChI=1S/C14H19N3O2/c1-15-6-8-17-9-7-16-14(17)11-4-5-12(18-2)13(10-11)19-3/h4-5,7,9-10,15H,6,8H2,1-3H3. The molecule has 0 unspecified atom stereocenters. The molecule has 102 valence electrons. The molecule has 1 heterocycles. The first-order valence-corrected chi connectivity index (χ1v) is 6.18. The maximum absolute atomic E-state index is 5.32. The Bertz CT molecular complexity index is 537. The van der Waals surface area contributed by atoms with Gasteiger partial charge in [0.1, 0.15) is 5.82 Å². The third-order valence-corrected chi connectivity index (χ3v) is 2.96. The molecule has 2 aromatic rings. The smallest absolute Gasteiger partial charge is 0.161 e. The van der Waals surface area contributed by atoms with Gasteiger partial charge in [-0.2, -0.15) is 0 Å². The molecule has 0 saturated carbocycles. The summed E-state index contributed by atoms with van der Waals surface area (Å²) in [6, 6.07) is 5.82. The Kier molecular flexibility index (Phi) is 4.41. The lowest BCUT2D eigenvalue weighted by Crippen LogP contribution is -2.15. The van der Waals surface area contributed by atoms with Crippen molar-refractivity contribution in [3.05, 3.63) is 30.6 Å². The van der Waals surface area contributed by atoms with E-state index < -0.39 is 0 Å². The molecule has 0 aliphatic carbocycles. The lowest BCUT2D eigenvalue weighted by atomic mass is 10.2. The molecule has 1 aromatic heterocycles. The average Bonchev–Trinajstić information content (AvgIpc) is 2.92. The van der Waals surface area contributed by atoms with Crippen molar-refractivity contribution < 1.29 is 9.47 Å². The molecular formula is C14H19N3O2. The minimum atomic E-state index is 0.711. The molecule has 5 nitrogen and oxygen atoms in total. The summed E-state index contributed by atoms with van der Waals surface area (Å²) in [6.07, 6.45) is 3.78. The van der Waals surface area contributed by atoms with Gasteiger partial charge < -0.3 is 19.4 Å². The van der Waals surface area contributed by atoms with Crippen LogP contribution in [-0.2, 0) is 6.54 Å². The van der Waals surface area contributed by atoms with Crippen molar-refractivity contribution in [2.45, 2.75) is 6.54 Å². The van der Waals surface area contributed by atoms with Crippen LogP contribution in [0.2, 0.25) is 0 Å². The van der Waals surface area contributed by atoms with E-state index in [0.29, 0.717) is 5.75 Å². The lowest BCUT2D eigenvalue weighted by Gasteiger charge is -2.11. The van der Waals surface area contributed by atoms with E-state index in [2.05, 4.69) is 14.9 Å². The Morgan fingerprint density at radius 1 is 1.21 bits per heavy atom. The molecular weight excluding hydrogens is 242 g/mol. The Morgan fingerprint density at radius 3 is 2.68 bits per heavy atom. The van der Waals surface area contributed by atoms with Gasteiger partial charge in [-0.3, -0.25) is 0 Å². The maximum Gasteiger partial charge on any atom is 0.161 e. The predicted molar refractivity (Wildman–Crippen MR) is 74.7 cm³/mol. The number of rotatable bonds is 6. The molecule has 0 atom stereocenters. The van der Waals surface area contributed by atoms with Gasteiger partial charge in [0.25, 0.3) is 0 Å². The van der Waals surface area contributed by atoms with Gasteiger partial charge in [0.05, 0.1) is 14.2 Å². The van der Waals surface area contributed by atoms with Crippen molar-refractivity contribution in [1.29, 1.82) is 0 Å². The van der Waals surface area contributed by atoms with E-state index in [-0.39, 0.29) is 0 Å². The van der Waals surface area contributed by atoms with E-state index in [1.807, 2.05) is 37.6 Å². The van der Waals surface area contributed by atoms with Crippen molar-refractivity contribution in [1.82, 2.24) is 14.9 Å². The van der Waals surface area contributed by atoms with Crippen LogP contribution in [0, 0.1) is 0 Å². The monoisotopic (exact) mass is 261 g/mol. The highest BCUT2D eigenvalue weighted by atomic mass is 16.5. The van der Waals surface area contributed by atoms with Gasteiger partial charge in [0.2, 0.25) is 0 Å². The molecule has 0 amide bonds. The van der Waals surface area contributed by atoms with Crippen molar-refractivity contribution in [2.24, 2.45) is 0 Å². The summed E-state index contributed by atoms with van der Waals surface area (Å²) in [4.78, 5) is 4.41. The van der Waals surface area contributed by atoms with Crippen LogP contribution >= 0.6 is 0 Å². The molecule has 2 rings (SSSR count). The number of imidazole rings is 1. The zero-order chi connectivity index (χ0) is 13.7. The molecule has 19 heavy (non-hydrogen) atoms. The Morgan fingerprint density at radius 2 is 2.00 bits per heavy atom. The first-order valence-electron chi connectivity index (χ1n) is 6.18. The van der Waals surface area contributed by atoms with Crippen LogP contribution in [0.4, 0.5) is 0 Å². The van der Waals surface area contributed by atoms with Crippen LogP contribution < -0.4 is 14.8 Å². The second-order valence-corrected chi connectivity index (χ2v) is 4.12. The zero-order valence-electron chi connectivity index (χ0n) is 11.5. The molecule has 0 aliphatic rings. The van der Waals surface area contributed by atoms with Crippen LogP contribution in [0.3, 0.4) is 0 Å². The third kappa shape index (κ3) is 2.88. The number of nitrogens with one attached hydrogen (secondary N) is 1. The minimum Gasteiger partial charge on any atom is -0.493 e. The molecule has 0 saturated heterocycles. The second kappa shape index (κ2) is 6.24. The molecule has 1 aromatic carbocycles. The van der Waals surface area contributed by atoms with Gasteiger partial charge in [-0.25, -0.2) is 4.98 Å². The summed E-state index contributed by atoms with van der Waals surface area (Å²) >= 11 is 0. The Labute approximate surface area is 113 Å². The summed E-state index contributed by atoms with van der Waals surface area (Å²) in [5.41, 5.74) is 1.01. The molecule has 0 aliphatic heterocycles. The zero-order valence-corrected chi connectivity index (χ0v) is 11.5. The maximum atomic E-state index is 5.32. The van der Waals surface area contributed by atoms with Gasteiger partial charge in [0, 0.05) is 31.0 Å². The van der Waals surface area contributed by atoms with E-state index in [1.165, 1.54) is 0 Å². The topological polar surface area (TPSA) is 48.3 Å². The van der Waals surface area contributed by atoms with E-state index in [0.717, 1.165) is 30.2 Å². The highest BCUT2D eigenvalue weighted by Crippen LogP contribution is 2.31. The predicted octanol–water partition coefficient (Wildman–Crippen LogP) is 1.79. The van der Waals surface area contributed by atoms with Gasteiger partial charge in [-0.05, 0) is 25.2 Å². The minimum absolute atomic E-state index is 0.711. The number of ether oxygens (including phenoxy) is 2. The molecule has 0 radical (unpaired) electrons. The lowest BCUT2D eigenvalue weighted by molar-refractivity contribution is 0.355. The Hall–Kier alpha value is -2.01. The van der Waals surface area contributed by atoms with Crippen molar-refractivity contribution >= 4 is 0 Å². The van der Waals surface area contributed by atoms with E-state index in [1.54, 1.807) is 14.2 Å². The van der Waals surface area contributed by atoms with Gasteiger partial charge in [-0.15, -0.1) is 0 Å². The van der Waals surface area contributed by atoms with Crippen molar-refractivity contribution in [3.8, 4) is 22.9 Å². The molecule has 0 spiro atoms. The molecule has 5 heteroatoms. The summed E-state index contributed by atoms with van der Waals surface area (Å²) in [7, 11) is 5.20. The van der Waals surface area contributed by atoms with Gasteiger partial charge >= 0.3 is 0 Å². The highest BCUT2D eigenvalue weighted by Gasteiger charge is 2.10. The van der Waals surface area contributed by atoms with Crippen molar-refractivity contribution in [3.63, 3.8) is 0 Å². The molecule has 1 N–H and O–H groups in total. The van der Waals surface area contributed by atoms with Crippen molar-refractivity contribution in [2.75, 3.05) is 27.8 Å². The number of benzene rings is 1. The fourth-order valence-corrected chi connectivity index (χ4v) is 1.96. The fourth-order valence-electron chi connectivity index (χ4n) is 1.96. The van der Waals surface area contributed by atoms with E-state index in [9.17, 15) is 0 Å². The van der Waals surface area contributed by atoms with E-state index >= 15 is 0 Å². The SMILES string of the molecule is CNCCn1ccnc1-c1ccc(OC)c(OC)c1. The number of hydrogen-bond donors (Lipinski definition) is 1. The summed E-state index contributed by atoms with van der Waals surface area (Å²) in [6.45, 7) is 1.77. The number of methoxy groups -OCH3 is 2. The number of likely N-dealkylation sites (N-methyl/N-ethyl adjacent to an activating group) is 1. The number of nitrogens with zero attached hydrogens (tertiary/aromatic N) is 2. The molecule has 0 fully saturated rings.